The molecule has 1 fully saturated rings. The van der Waals surface area contributed by atoms with Crippen LogP contribution in [0.1, 0.15) is 24.8 Å². The number of anilines is 1. The molecule has 0 spiro atoms. The van der Waals surface area contributed by atoms with Crippen LogP contribution in [0.4, 0.5) is 9.52 Å². The summed E-state index contributed by atoms with van der Waals surface area (Å²) in [4.78, 5) is 17.3. The maximum atomic E-state index is 13.2. The Hall–Kier alpha value is -2.17. The number of halogens is 1. The van der Waals surface area contributed by atoms with E-state index in [1.54, 1.807) is 31.4 Å². The van der Waals surface area contributed by atoms with Gasteiger partial charge in [-0.1, -0.05) is 23.5 Å². The van der Waals surface area contributed by atoms with Crippen LogP contribution in [0.3, 0.4) is 0 Å². The molecule has 1 atom stereocenters. The zero-order valence-electron chi connectivity index (χ0n) is 16.1. The molecule has 10 heteroatoms. The lowest BCUT2D eigenvalue weighted by atomic mass is 10.1. The number of nitrogens with one attached hydrogen (secondary N) is 1. The molecule has 2 heterocycles. The third kappa shape index (κ3) is 6.15. The third-order valence-electron chi connectivity index (χ3n) is 4.31. The van der Waals surface area contributed by atoms with Gasteiger partial charge in [0.05, 0.1) is 17.0 Å². The molecule has 0 bridgehead atoms. The fourth-order valence-electron chi connectivity index (χ4n) is 2.86. The number of benzene rings is 1. The molecule has 1 N–H and O–H groups in total. The molecule has 2 aromatic rings. The lowest BCUT2D eigenvalue weighted by molar-refractivity contribution is -0.110. The van der Waals surface area contributed by atoms with Crippen LogP contribution in [-0.2, 0) is 20.3 Å². The van der Waals surface area contributed by atoms with Gasteiger partial charge in [-0.15, -0.1) is 0 Å². The summed E-state index contributed by atoms with van der Waals surface area (Å²) in [6, 6.07) is 6.96. The van der Waals surface area contributed by atoms with Gasteiger partial charge in [0.25, 0.3) is 5.91 Å². The van der Waals surface area contributed by atoms with Crippen molar-refractivity contribution >= 4 is 38.9 Å². The molecule has 7 nitrogen and oxygen atoms in total. The quantitative estimate of drug-likeness (QED) is 0.481. The third-order valence-corrected chi connectivity index (χ3v) is 6.46. The van der Waals surface area contributed by atoms with E-state index >= 15 is 0 Å². The molecule has 29 heavy (non-hydrogen) atoms. The molecule has 1 aromatic carbocycles. The molecular formula is C19H23FN4O3S2. The van der Waals surface area contributed by atoms with Gasteiger partial charge in [0.15, 0.2) is 16.0 Å². The number of aromatic nitrogens is 1. The molecule has 0 saturated carbocycles. The van der Waals surface area contributed by atoms with Crippen molar-refractivity contribution in [1.29, 1.82) is 0 Å². The monoisotopic (exact) mass is 438 g/mol. The maximum absolute atomic E-state index is 13.2. The van der Waals surface area contributed by atoms with Crippen LogP contribution in [-0.4, -0.2) is 58.4 Å². The highest BCUT2D eigenvalue weighted by Gasteiger charge is 2.20. The van der Waals surface area contributed by atoms with Gasteiger partial charge in [0.1, 0.15) is 0 Å². The first-order chi connectivity index (χ1) is 14.1. The zero-order valence-corrected chi connectivity index (χ0v) is 17.7. The lowest BCUT2D eigenvalue weighted by Crippen LogP contribution is -2.27. The minimum Gasteiger partial charge on any atom is -0.385 e. The van der Waals surface area contributed by atoms with Gasteiger partial charge in [0, 0.05) is 43.0 Å². The van der Waals surface area contributed by atoms with E-state index in [9.17, 15) is 13.4 Å². The van der Waals surface area contributed by atoms with Crippen molar-refractivity contribution in [3.8, 4) is 0 Å². The van der Waals surface area contributed by atoms with Gasteiger partial charge in [-0.05, 0) is 31.4 Å². The van der Waals surface area contributed by atoms with Crippen LogP contribution >= 0.6 is 11.3 Å². The van der Waals surface area contributed by atoms with Crippen LogP contribution < -0.4 is 5.32 Å². The average molecular weight is 439 g/mol. The minimum absolute atomic E-state index is 0.178. The summed E-state index contributed by atoms with van der Waals surface area (Å²) in [5.41, 5.74) is 0.822. The van der Waals surface area contributed by atoms with Crippen molar-refractivity contribution < 1.29 is 18.1 Å². The van der Waals surface area contributed by atoms with Crippen LogP contribution in [0.25, 0.3) is 0 Å². The topological polar surface area (TPSA) is 83.9 Å². The Morgan fingerprint density at radius 3 is 2.69 bits per heavy atom. The fraction of sp³-hybridized carbons (Fsp3) is 0.421. The van der Waals surface area contributed by atoms with E-state index in [0.29, 0.717) is 29.2 Å². The van der Waals surface area contributed by atoms with E-state index in [-0.39, 0.29) is 10.8 Å². The van der Waals surface area contributed by atoms with Gasteiger partial charge >= 0.3 is 0 Å². The molecule has 0 aliphatic carbocycles. The number of nitrogens with zero attached hydrogens (tertiary/aromatic N) is 3. The highest BCUT2D eigenvalue weighted by molar-refractivity contribution is 7.85. The molecule has 1 aliphatic rings. The minimum atomic E-state index is -1.13. The first kappa shape index (κ1) is 21.5. The van der Waals surface area contributed by atoms with Crippen LogP contribution in [0.5, 0.6) is 0 Å². The molecule has 156 valence electrons. The number of hydrazone groups is 1. The highest BCUT2D eigenvalue weighted by atomic mass is 32.2. The second kappa shape index (κ2) is 10.6. The standard InChI is InChI=1S/C19H23FN4O3S2/c1-27-11-4-12-29(26)15-7-5-14(6-8-15)17(23-24-9-2-3-10-24)18(25)22-19-21-13-16(20)28-19/h5-8,13H,2-4,9-12H2,1H3,(H,21,22,25)/b23-17+. The van der Waals surface area contributed by atoms with Crippen LogP contribution in [0, 0.1) is 5.13 Å². The Morgan fingerprint density at radius 1 is 1.34 bits per heavy atom. The Kier molecular flexibility index (Phi) is 7.84. The lowest BCUT2D eigenvalue weighted by Gasteiger charge is -2.14. The summed E-state index contributed by atoms with van der Waals surface area (Å²) in [7, 11) is 0.485. The van der Waals surface area contributed by atoms with Crippen molar-refractivity contribution in [1.82, 2.24) is 9.99 Å². The Labute approximate surface area is 175 Å². The molecule has 1 amide bonds. The van der Waals surface area contributed by atoms with Gasteiger partial charge in [-0.2, -0.15) is 9.49 Å². The van der Waals surface area contributed by atoms with Crippen molar-refractivity contribution in [2.75, 3.05) is 37.9 Å². The summed E-state index contributed by atoms with van der Waals surface area (Å²) in [6.45, 7) is 2.13. The summed E-state index contributed by atoms with van der Waals surface area (Å²) in [5, 5.41) is 8.68. The Bertz CT molecular complexity index is 880. The number of thiazole rings is 1. The Morgan fingerprint density at radius 2 is 2.07 bits per heavy atom. The number of rotatable bonds is 9. The van der Waals surface area contributed by atoms with E-state index < -0.39 is 21.8 Å². The van der Waals surface area contributed by atoms with Gasteiger partial charge in [0.2, 0.25) is 0 Å². The highest BCUT2D eigenvalue weighted by Crippen LogP contribution is 2.18. The van der Waals surface area contributed by atoms with Crippen molar-refractivity contribution in [2.45, 2.75) is 24.2 Å². The number of amides is 1. The SMILES string of the molecule is COCCCS(=O)c1ccc(/C(=N\N2CCCC2)C(=O)Nc2ncc(F)s2)cc1. The first-order valence-electron chi connectivity index (χ1n) is 9.31. The maximum Gasteiger partial charge on any atom is 0.278 e. The molecule has 1 aromatic heterocycles. The summed E-state index contributed by atoms with van der Waals surface area (Å²) in [5.74, 6) is 0.0538. The molecule has 1 aliphatic heterocycles. The largest absolute Gasteiger partial charge is 0.385 e. The van der Waals surface area contributed by atoms with Crippen LogP contribution in [0.15, 0.2) is 40.5 Å². The predicted molar refractivity (Wildman–Crippen MR) is 112 cm³/mol. The number of hydrogen-bond acceptors (Lipinski definition) is 7. The molecular weight excluding hydrogens is 415 g/mol. The number of carbonyl (C=O) groups is 1. The molecule has 1 unspecified atom stereocenters. The summed E-state index contributed by atoms with van der Waals surface area (Å²) in [6.07, 6.45) is 3.82. The smallest absolute Gasteiger partial charge is 0.278 e. The van der Waals surface area contributed by atoms with Gasteiger partial charge < -0.3 is 4.74 Å². The molecule has 3 rings (SSSR count). The van der Waals surface area contributed by atoms with E-state index in [1.165, 1.54) is 0 Å². The van der Waals surface area contributed by atoms with E-state index in [1.807, 2.05) is 5.01 Å². The van der Waals surface area contributed by atoms with E-state index in [2.05, 4.69) is 15.4 Å². The summed E-state index contributed by atoms with van der Waals surface area (Å²) >= 11 is 0.758. The summed E-state index contributed by atoms with van der Waals surface area (Å²) < 4.78 is 30.5. The normalized spacial score (nSPS) is 15.5. The molecule has 0 radical (unpaired) electrons. The van der Waals surface area contributed by atoms with Crippen LogP contribution in [0.2, 0.25) is 0 Å². The van der Waals surface area contributed by atoms with E-state index in [0.717, 1.165) is 43.5 Å². The fourth-order valence-corrected chi connectivity index (χ4v) is 4.46. The second-order valence-electron chi connectivity index (χ2n) is 6.45. The Balaban J connectivity index is 1.78. The number of carbonyl (C=O) groups excluding carboxylic acids is 1. The first-order valence-corrected chi connectivity index (χ1v) is 11.4. The second-order valence-corrected chi connectivity index (χ2v) is 9.00. The van der Waals surface area contributed by atoms with Gasteiger partial charge in [-0.3, -0.25) is 19.3 Å². The van der Waals surface area contributed by atoms with Crippen molar-refractivity contribution in [2.24, 2.45) is 5.10 Å². The zero-order chi connectivity index (χ0) is 20.6. The van der Waals surface area contributed by atoms with Gasteiger partial charge in [-0.25, -0.2) is 4.98 Å². The number of ether oxygens (including phenoxy) is 1. The number of hydrogen-bond donors (Lipinski definition) is 1. The van der Waals surface area contributed by atoms with Crippen molar-refractivity contribution in [3.05, 3.63) is 41.2 Å². The average Bonchev–Trinajstić information content (AvgIpc) is 3.38. The molecule has 1 saturated heterocycles. The van der Waals surface area contributed by atoms with E-state index in [4.69, 9.17) is 4.74 Å². The predicted octanol–water partition coefficient (Wildman–Crippen LogP) is 2.86. The number of methoxy groups -OCH3 is 1. The van der Waals surface area contributed by atoms with Crippen molar-refractivity contribution in [3.63, 3.8) is 0 Å².